The number of ether oxygens (including phenoxy) is 1. The predicted molar refractivity (Wildman–Crippen MR) is 118 cm³/mol. The van der Waals surface area contributed by atoms with Crippen LogP contribution >= 0.6 is 0 Å². The minimum atomic E-state index is -0.516. The molecule has 0 spiro atoms. The lowest BCUT2D eigenvalue weighted by atomic mass is 9.80. The molecule has 2 N–H and O–H groups in total. The van der Waals surface area contributed by atoms with Crippen LogP contribution in [0.3, 0.4) is 0 Å². The van der Waals surface area contributed by atoms with E-state index in [1.807, 2.05) is 20.0 Å². The summed E-state index contributed by atoms with van der Waals surface area (Å²) >= 11 is 0. The van der Waals surface area contributed by atoms with E-state index in [1.165, 1.54) is 19.3 Å². The molecule has 1 aliphatic carbocycles. The molecule has 3 aliphatic rings. The van der Waals surface area contributed by atoms with Crippen LogP contribution in [0.25, 0.3) is 0 Å². The lowest BCUT2D eigenvalue weighted by Crippen LogP contribution is -2.39. The van der Waals surface area contributed by atoms with Crippen molar-refractivity contribution < 1.29 is 14.6 Å². The van der Waals surface area contributed by atoms with Crippen molar-refractivity contribution in [1.82, 2.24) is 14.9 Å². The summed E-state index contributed by atoms with van der Waals surface area (Å²) in [6.45, 7) is 5.98. The van der Waals surface area contributed by atoms with Gasteiger partial charge in [-0.3, -0.25) is 4.79 Å². The van der Waals surface area contributed by atoms with E-state index in [4.69, 9.17) is 9.72 Å². The number of rotatable bonds is 4. The van der Waals surface area contributed by atoms with Gasteiger partial charge < -0.3 is 20.1 Å². The Morgan fingerprint density at radius 1 is 1.29 bits per heavy atom. The van der Waals surface area contributed by atoms with Crippen LogP contribution in [-0.4, -0.2) is 51.7 Å². The molecule has 1 saturated carbocycles. The number of aliphatic hydroxyl groups is 1. The van der Waals surface area contributed by atoms with Crippen LogP contribution in [0.1, 0.15) is 70.1 Å². The molecule has 0 unspecified atom stereocenters. The maximum atomic E-state index is 13.0. The summed E-state index contributed by atoms with van der Waals surface area (Å²) in [6.07, 6.45) is 9.54. The fourth-order valence-electron chi connectivity index (χ4n) is 5.03. The van der Waals surface area contributed by atoms with E-state index in [9.17, 15) is 9.90 Å². The smallest absolute Gasteiger partial charge is 0.299 e. The number of aromatic nitrogens is 2. The number of nitrogens with zero attached hydrogens (tertiary/aromatic N) is 3. The molecule has 1 amide bonds. The fraction of sp³-hybridized carbons (Fsp3) is 0.708. The maximum absolute atomic E-state index is 13.0. The molecule has 31 heavy (non-hydrogen) atoms. The SMILES string of the molecule is CC1(C)c2cnc(NC3CCOCC3)nc2CN1C(=O)C#C[C@H](CO)C1CCCCC1. The van der Waals surface area contributed by atoms with Crippen molar-refractivity contribution >= 4 is 11.9 Å². The van der Waals surface area contributed by atoms with E-state index in [-0.39, 0.29) is 18.4 Å². The molecule has 1 atom stereocenters. The highest BCUT2D eigenvalue weighted by Crippen LogP contribution is 2.38. The van der Waals surface area contributed by atoms with E-state index < -0.39 is 5.54 Å². The molecular weight excluding hydrogens is 392 g/mol. The summed E-state index contributed by atoms with van der Waals surface area (Å²) in [5, 5.41) is 13.2. The Kier molecular flexibility index (Phi) is 6.78. The second kappa shape index (κ2) is 9.54. The number of fused-ring (bicyclic) bond motifs is 1. The van der Waals surface area contributed by atoms with E-state index >= 15 is 0 Å². The number of amides is 1. The van der Waals surface area contributed by atoms with Gasteiger partial charge in [0.05, 0.1) is 24.4 Å². The summed E-state index contributed by atoms with van der Waals surface area (Å²) in [6, 6.07) is 0.319. The Labute approximate surface area is 185 Å². The second-order valence-electron chi connectivity index (χ2n) is 9.49. The van der Waals surface area contributed by atoms with Crippen LogP contribution in [0.15, 0.2) is 6.20 Å². The standard InChI is InChI=1S/C24H34N4O3/c1-24(2)20-14-25-23(26-19-10-12-31-13-11-19)27-21(20)15-28(24)22(30)9-8-18(16-29)17-6-4-3-5-7-17/h14,17-19,29H,3-7,10-13,15-16H2,1-2H3,(H,25,26,27)/t18-/m1/s1. The van der Waals surface area contributed by atoms with E-state index in [0.717, 1.165) is 50.2 Å². The molecule has 0 bridgehead atoms. The number of carbonyl (C=O) groups excluding carboxylic acids is 1. The topological polar surface area (TPSA) is 87.6 Å². The molecule has 0 aromatic carbocycles. The van der Waals surface area contributed by atoms with Gasteiger partial charge in [0, 0.05) is 36.9 Å². The normalized spacial score (nSPS) is 22.4. The minimum absolute atomic E-state index is 0.0152. The highest BCUT2D eigenvalue weighted by Gasteiger charge is 2.41. The lowest BCUT2D eigenvalue weighted by Gasteiger charge is -2.30. The van der Waals surface area contributed by atoms with E-state index in [0.29, 0.717) is 24.5 Å². The van der Waals surface area contributed by atoms with Gasteiger partial charge in [0.2, 0.25) is 5.95 Å². The molecule has 2 aliphatic heterocycles. The van der Waals surface area contributed by atoms with Gasteiger partial charge >= 0.3 is 0 Å². The van der Waals surface area contributed by atoms with Gasteiger partial charge in [-0.2, -0.15) is 0 Å². The molecule has 0 radical (unpaired) electrons. The Morgan fingerprint density at radius 3 is 2.74 bits per heavy atom. The van der Waals surface area contributed by atoms with Crippen LogP contribution in [0.4, 0.5) is 5.95 Å². The number of carbonyl (C=O) groups is 1. The number of aliphatic hydroxyl groups excluding tert-OH is 1. The molecule has 1 saturated heterocycles. The Balaban J connectivity index is 1.45. The van der Waals surface area contributed by atoms with Crippen LogP contribution in [-0.2, 0) is 21.6 Å². The average molecular weight is 427 g/mol. The molecule has 2 fully saturated rings. The largest absolute Gasteiger partial charge is 0.395 e. The monoisotopic (exact) mass is 426 g/mol. The lowest BCUT2D eigenvalue weighted by molar-refractivity contribution is -0.130. The van der Waals surface area contributed by atoms with Gasteiger partial charge in [0.15, 0.2) is 0 Å². The van der Waals surface area contributed by atoms with Crippen LogP contribution < -0.4 is 5.32 Å². The second-order valence-corrected chi connectivity index (χ2v) is 9.49. The van der Waals surface area contributed by atoms with Gasteiger partial charge in [0.25, 0.3) is 5.91 Å². The van der Waals surface area contributed by atoms with E-state index in [1.54, 1.807) is 4.90 Å². The Morgan fingerprint density at radius 2 is 2.03 bits per heavy atom. The van der Waals surface area contributed by atoms with Crippen LogP contribution in [0, 0.1) is 23.7 Å². The van der Waals surface area contributed by atoms with Crippen molar-refractivity contribution in [2.45, 2.75) is 76.9 Å². The zero-order valence-corrected chi connectivity index (χ0v) is 18.7. The van der Waals surface area contributed by atoms with Crippen molar-refractivity contribution in [2.75, 3.05) is 25.1 Å². The summed E-state index contributed by atoms with van der Waals surface area (Å²) < 4.78 is 5.41. The quantitative estimate of drug-likeness (QED) is 0.720. The van der Waals surface area contributed by atoms with Gasteiger partial charge in [-0.15, -0.1) is 0 Å². The van der Waals surface area contributed by atoms with Crippen molar-refractivity contribution in [3.8, 4) is 11.8 Å². The third-order valence-electron chi connectivity index (χ3n) is 7.09. The van der Waals surface area contributed by atoms with Crippen molar-refractivity contribution in [2.24, 2.45) is 11.8 Å². The Hall–Kier alpha value is -2.17. The first-order chi connectivity index (χ1) is 15.0. The third-order valence-corrected chi connectivity index (χ3v) is 7.09. The van der Waals surface area contributed by atoms with Gasteiger partial charge in [-0.1, -0.05) is 25.2 Å². The first kappa shape index (κ1) is 22.0. The zero-order chi connectivity index (χ0) is 21.8. The fourth-order valence-corrected chi connectivity index (χ4v) is 5.03. The van der Waals surface area contributed by atoms with Gasteiger partial charge in [0.1, 0.15) is 0 Å². The van der Waals surface area contributed by atoms with Crippen molar-refractivity contribution in [1.29, 1.82) is 0 Å². The molecule has 7 nitrogen and oxygen atoms in total. The first-order valence-corrected chi connectivity index (χ1v) is 11.6. The van der Waals surface area contributed by atoms with E-state index in [2.05, 4.69) is 22.1 Å². The average Bonchev–Trinajstić information content (AvgIpc) is 3.05. The highest BCUT2D eigenvalue weighted by molar-refractivity contribution is 5.94. The molecule has 7 heteroatoms. The summed E-state index contributed by atoms with van der Waals surface area (Å²) in [5.74, 6) is 6.61. The number of anilines is 1. The van der Waals surface area contributed by atoms with Crippen LogP contribution in [0.2, 0.25) is 0 Å². The molecule has 4 rings (SSSR count). The molecular formula is C24H34N4O3. The van der Waals surface area contributed by atoms with Crippen LogP contribution in [0.5, 0.6) is 0 Å². The molecule has 1 aromatic heterocycles. The third kappa shape index (κ3) is 4.86. The molecule has 168 valence electrons. The summed E-state index contributed by atoms with van der Waals surface area (Å²) in [7, 11) is 0. The first-order valence-electron chi connectivity index (χ1n) is 11.6. The summed E-state index contributed by atoms with van der Waals surface area (Å²) in [5.41, 5.74) is 1.32. The highest BCUT2D eigenvalue weighted by atomic mass is 16.5. The summed E-state index contributed by atoms with van der Waals surface area (Å²) in [4.78, 5) is 24.0. The van der Waals surface area contributed by atoms with Gasteiger partial charge in [-0.05, 0) is 51.4 Å². The maximum Gasteiger partial charge on any atom is 0.299 e. The predicted octanol–water partition coefficient (Wildman–Crippen LogP) is 2.84. The minimum Gasteiger partial charge on any atom is -0.395 e. The number of nitrogens with one attached hydrogen (secondary N) is 1. The zero-order valence-electron chi connectivity index (χ0n) is 18.7. The number of hydrogen-bond acceptors (Lipinski definition) is 6. The van der Waals surface area contributed by atoms with Gasteiger partial charge in [-0.25, -0.2) is 9.97 Å². The Bertz CT molecular complexity index is 848. The number of hydrogen-bond donors (Lipinski definition) is 2. The molecule has 1 aromatic rings. The van der Waals surface area contributed by atoms with Crippen molar-refractivity contribution in [3.63, 3.8) is 0 Å². The van der Waals surface area contributed by atoms with Crippen molar-refractivity contribution in [3.05, 3.63) is 17.5 Å². The molecule has 3 heterocycles.